The fourth-order valence-electron chi connectivity index (χ4n) is 3.22. The SMILES string of the molecule is CCOC(=O)c1c(-c2cc(Cl)cc(C)c2OC)c(C=O)n2ccccc12. The normalized spacial score (nSPS) is 10.8. The summed E-state index contributed by atoms with van der Waals surface area (Å²) < 4.78 is 12.5. The highest BCUT2D eigenvalue weighted by Crippen LogP contribution is 2.41. The molecule has 0 unspecified atom stereocenters. The van der Waals surface area contributed by atoms with Crippen molar-refractivity contribution >= 4 is 29.4 Å². The molecule has 0 spiro atoms. The molecule has 1 aromatic carbocycles. The van der Waals surface area contributed by atoms with Gasteiger partial charge in [-0.15, -0.1) is 0 Å². The van der Waals surface area contributed by atoms with E-state index in [4.69, 9.17) is 21.1 Å². The zero-order valence-corrected chi connectivity index (χ0v) is 15.5. The average Bonchev–Trinajstić information content (AvgIpc) is 2.95. The zero-order valence-electron chi connectivity index (χ0n) is 14.7. The number of carbonyl (C=O) groups excluding carboxylic acids is 2. The molecular weight excluding hydrogens is 354 g/mol. The lowest BCUT2D eigenvalue weighted by Gasteiger charge is -2.13. The average molecular weight is 372 g/mol. The third-order valence-electron chi connectivity index (χ3n) is 4.19. The van der Waals surface area contributed by atoms with Crippen LogP contribution >= 0.6 is 11.6 Å². The summed E-state index contributed by atoms with van der Waals surface area (Å²) in [7, 11) is 1.54. The molecular formula is C20H18ClNO4. The Morgan fingerprint density at radius 2 is 2.08 bits per heavy atom. The molecule has 0 atom stereocenters. The number of aromatic nitrogens is 1. The molecule has 2 heterocycles. The van der Waals surface area contributed by atoms with Crippen molar-refractivity contribution in [1.82, 2.24) is 4.40 Å². The highest BCUT2D eigenvalue weighted by molar-refractivity contribution is 6.31. The van der Waals surface area contributed by atoms with Crippen LogP contribution in [-0.2, 0) is 4.74 Å². The summed E-state index contributed by atoms with van der Waals surface area (Å²) in [5, 5.41) is 0.486. The Balaban J connectivity index is 2.48. The number of methoxy groups -OCH3 is 1. The molecule has 3 aromatic rings. The maximum Gasteiger partial charge on any atom is 0.340 e. The molecule has 0 aliphatic heterocycles. The van der Waals surface area contributed by atoms with Crippen LogP contribution in [0.3, 0.4) is 0 Å². The summed E-state index contributed by atoms with van der Waals surface area (Å²) in [6, 6.07) is 8.82. The first-order chi connectivity index (χ1) is 12.5. The van der Waals surface area contributed by atoms with Gasteiger partial charge in [0.15, 0.2) is 6.29 Å². The Morgan fingerprint density at radius 3 is 2.73 bits per heavy atom. The Kier molecular flexibility index (Phi) is 5.00. The van der Waals surface area contributed by atoms with E-state index in [1.807, 2.05) is 6.92 Å². The van der Waals surface area contributed by atoms with Crippen LogP contribution in [0.15, 0.2) is 36.5 Å². The van der Waals surface area contributed by atoms with Crippen LogP contribution in [0, 0.1) is 6.92 Å². The van der Waals surface area contributed by atoms with E-state index in [9.17, 15) is 9.59 Å². The number of halogens is 1. The molecule has 6 heteroatoms. The summed E-state index contributed by atoms with van der Waals surface area (Å²) in [5.41, 5.74) is 3.07. The van der Waals surface area contributed by atoms with Gasteiger partial charge in [0.2, 0.25) is 0 Å². The summed E-state index contributed by atoms with van der Waals surface area (Å²) in [6.07, 6.45) is 2.45. The molecule has 3 rings (SSSR count). The quantitative estimate of drug-likeness (QED) is 0.487. The number of pyridine rings is 1. The van der Waals surface area contributed by atoms with Gasteiger partial charge in [0.05, 0.1) is 30.5 Å². The van der Waals surface area contributed by atoms with E-state index in [2.05, 4.69) is 0 Å². The monoisotopic (exact) mass is 371 g/mol. The number of fused-ring (bicyclic) bond motifs is 1. The molecule has 0 aliphatic rings. The number of aldehydes is 1. The van der Waals surface area contributed by atoms with Crippen LogP contribution < -0.4 is 4.74 Å². The van der Waals surface area contributed by atoms with E-state index < -0.39 is 5.97 Å². The predicted molar refractivity (Wildman–Crippen MR) is 100 cm³/mol. The molecule has 0 saturated heterocycles. The summed E-state index contributed by atoms with van der Waals surface area (Å²) in [6.45, 7) is 3.82. The molecule has 0 aliphatic carbocycles. The number of esters is 1. The number of hydrogen-bond acceptors (Lipinski definition) is 4. The second kappa shape index (κ2) is 7.22. The first kappa shape index (κ1) is 18.0. The molecule has 0 N–H and O–H groups in total. The third-order valence-corrected chi connectivity index (χ3v) is 4.40. The first-order valence-corrected chi connectivity index (χ1v) is 8.51. The van der Waals surface area contributed by atoms with Crippen LogP contribution in [0.5, 0.6) is 5.75 Å². The molecule has 2 aromatic heterocycles. The second-order valence-electron chi connectivity index (χ2n) is 5.73. The lowest BCUT2D eigenvalue weighted by atomic mass is 9.97. The minimum Gasteiger partial charge on any atom is -0.496 e. The van der Waals surface area contributed by atoms with Gasteiger partial charge in [-0.05, 0) is 43.7 Å². The topological polar surface area (TPSA) is 57.0 Å². The van der Waals surface area contributed by atoms with E-state index in [0.29, 0.717) is 38.7 Å². The van der Waals surface area contributed by atoms with E-state index in [1.165, 1.54) is 0 Å². The van der Waals surface area contributed by atoms with Crippen LogP contribution in [0.25, 0.3) is 16.6 Å². The number of benzene rings is 1. The Labute approximate surface area is 156 Å². The maximum atomic E-state index is 12.7. The fraction of sp³-hybridized carbons (Fsp3) is 0.200. The first-order valence-electron chi connectivity index (χ1n) is 8.13. The largest absolute Gasteiger partial charge is 0.496 e. The van der Waals surface area contributed by atoms with Crippen molar-refractivity contribution in [1.29, 1.82) is 0 Å². The fourth-order valence-corrected chi connectivity index (χ4v) is 3.49. The van der Waals surface area contributed by atoms with Crippen molar-refractivity contribution in [2.45, 2.75) is 13.8 Å². The van der Waals surface area contributed by atoms with Gasteiger partial charge in [-0.3, -0.25) is 4.79 Å². The standard InChI is InChI=1S/C20H18ClNO4/c1-4-26-20(24)18-15-7-5-6-8-22(15)16(11-23)17(18)14-10-13(21)9-12(2)19(14)25-3/h5-11H,4H2,1-3H3. The van der Waals surface area contributed by atoms with Crippen molar-refractivity contribution in [3.63, 3.8) is 0 Å². The highest BCUT2D eigenvalue weighted by Gasteiger charge is 2.27. The molecule has 0 fully saturated rings. The van der Waals surface area contributed by atoms with E-state index in [0.717, 1.165) is 11.8 Å². The summed E-state index contributed by atoms with van der Waals surface area (Å²) in [4.78, 5) is 24.7. The van der Waals surface area contributed by atoms with Gasteiger partial charge in [-0.1, -0.05) is 17.7 Å². The molecule has 0 amide bonds. The Hall–Kier alpha value is -2.79. The van der Waals surface area contributed by atoms with Gasteiger partial charge in [0, 0.05) is 22.3 Å². The minimum absolute atomic E-state index is 0.227. The number of aryl methyl sites for hydroxylation is 1. The molecule has 0 radical (unpaired) electrons. The second-order valence-corrected chi connectivity index (χ2v) is 6.17. The molecule has 0 saturated carbocycles. The smallest absolute Gasteiger partial charge is 0.340 e. The van der Waals surface area contributed by atoms with Crippen LogP contribution in [-0.4, -0.2) is 30.4 Å². The maximum absolute atomic E-state index is 12.7. The zero-order chi connectivity index (χ0) is 18.8. The van der Waals surface area contributed by atoms with Crippen molar-refractivity contribution in [2.24, 2.45) is 0 Å². The Bertz CT molecular complexity index is 1010. The number of rotatable bonds is 5. The lowest BCUT2D eigenvalue weighted by molar-refractivity contribution is 0.0529. The number of nitrogens with zero attached hydrogens (tertiary/aromatic N) is 1. The van der Waals surface area contributed by atoms with E-state index in [1.54, 1.807) is 55.0 Å². The Morgan fingerprint density at radius 1 is 1.31 bits per heavy atom. The van der Waals surface area contributed by atoms with Crippen LogP contribution in [0.4, 0.5) is 0 Å². The number of ether oxygens (including phenoxy) is 2. The summed E-state index contributed by atoms with van der Waals surface area (Å²) in [5.74, 6) is 0.0536. The molecule has 5 nitrogen and oxygen atoms in total. The molecule has 0 bridgehead atoms. The van der Waals surface area contributed by atoms with Gasteiger partial charge in [0.25, 0.3) is 0 Å². The van der Waals surface area contributed by atoms with Gasteiger partial charge in [-0.2, -0.15) is 0 Å². The van der Waals surface area contributed by atoms with Crippen LogP contribution in [0.1, 0.15) is 33.3 Å². The van der Waals surface area contributed by atoms with Gasteiger partial charge in [-0.25, -0.2) is 4.79 Å². The van der Waals surface area contributed by atoms with E-state index >= 15 is 0 Å². The minimum atomic E-state index is -0.501. The van der Waals surface area contributed by atoms with Crippen molar-refractivity contribution in [3.8, 4) is 16.9 Å². The summed E-state index contributed by atoms with van der Waals surface area (Å²) >= 11 is 6.25. The highest BCUT2D eigenvalue weighted by atomic mass is 35.5. The number of hydrogen-bond donors (Lipinski definition) is 0. The third kappa shape index (κ3) is 2.84. The van der Waals surface area contributed by atoms with Crippen molar-refractivity contribution in [2.75, 3.05) is 13.7 Å². The number of carbonyl (C=O) groups is 2. The molecule has 134 valence electrons. The van der Waals surface area contributed by atoms with Gasteiger partial charge >= 0.3 is 5.97 Å². The van der Waals surface area contributed by atoms with Crippen LogP contribution in [0.2, 0.25) is 5.02 Å². The van der Waals surface area contributed by atoms with E-state index in [-0.39, 0.29) is 6.61 Å². The van der Waals surface area contributed by atoms with Gasteiger partial charge < -0.3 is 13.9 Å². The van der Waals surface area contributed by atoms with Gasteiger partial charge in [0.1, 0.15) is 5.75 Å². The van der Waals surface area contributed by atoms with Crippen molar-refractivity contribution in [3.05, 3.63) is 58.4 Å². The van der Waals surface area contributed by atoms with Crippen molar-refractivity contribution < 1.29 is 19.1 Å². The lowest BCUT2D eigenvalue weighted by Crippen LogP contribution is -2.06. The predicted octanol–water partition coefficient (Wildman–Crippen LogP) is 4.57. The molecule has 26 heavy (non-hydrogen) atoms.